The average Bonchev–Trinajstić information content (AvgIpc) is 0.752. The van der Waals surface area contributed by atoms with Crippen molar-refractivity contribution in [1.82, 2.24) is 49.3 Å². The molecule has 142 heavy (non-hydrogen) atoms. The van der Waals surface area contributed by atoms with Gasteiger partial charge >= 0.3 is 0 Å². The Hall–Kier alpha value is -14.1. The predicted octanol–water partition coefficient (Wildman–Crippen LogP) is 16.8. The lowest BCUT2D eigenvalue weighted by molar-refractivity contribution is -0.129. The summed E-state index contributed by atoms with van der Waals surface area (Å²) in [6.07, 6.45) is 14.0. The van der Waals surface area contributed by atoms with E-state index < -0.39 is 0 Å². The van der Waals surface area contributed by atoms with E-state index in [1.165, 1.54) is 84.3 Å². The van der Waals surface area contributed by atoms with Crippen LogP contribution < -0.4 is 38.9 Å². The molecule has 3 atom stereocenters. The quantitative estimate of drug-likeness (QED) is 0.0603. The molecule has 0 unspecified atom stereocenters. The first-order valence-electron chi connectivity index (χ1n) is 50.2. The monoisotopic (exact) mass is 1920 g/mol. The van der Waals surface area contributed by atoms with Crippen LogP contribution in [0, 0.1) is 94.2 Å². The van der Waals surface area contributed by atoms with Crippen molar-refractivity contribution in [2.75, 3.05) is 161 Å². The molecule has 730 valence electrons. The molecule has 0 spiro atoms. The molecule has 0 N–H and O–H groups in total. The predicted molar refractivity (Wildman–Crippen MR) is 561 cm³/mol. The number of pyridine rings is 4. The third kappa shape index (κ3) is 21.8. The van der Waals surface area contributed by atoms with Crippen molar-refractivity contribution >= 4 is 95.9 Å². The zero-order valence-electron chi connectivity index (χ0n) is 83.1. The maximum Gasteiger partial charge on any atom is 0.246 e. The normalized spacial score (nSPS) is 18.9. The van der Waals surface area contributed by atoms with Crippen LogP contribution in [0.3, 0.4) is 0 Å². The Morgan fingerprint density at radius 2 is 0.796 bits per heavy atom. The summed E-state index contributed by atoms with van der Waals surface area (Å²) in [4.78, 5) is 84.5. The molecule has 27 nitrogen and oxygen atoms in total. The summed E-state index contributed by atoms with van der Waals surface area (Å²) in [7, 11) is 2.16. The molecule has 4 aromatic heterocycles. The minimum absolute atomic E-state index is 0.0273. The highest BCUT2D eigenvalue weighted by Gasteiger charge is 2.42. The van der Waals surface area contributed by atoms with Crippen molar-refractivity contribution in [2.24, 2.45) is 5.41 Å². The number of thioether (sulfide) groups is 1. The van der Waals surface area contributed by atoms with E-state index >= 15 is 0 Å². The molecule has 6 aromatic carbocycles. The zero-order valence-corrected chi connectivity index (χ0v) is 83.9. The van der Waals surface area contributed by atoms with Crippen molar-refractivity contribution in [3.63, 3.8) is 0 Å². The van der Waals surface area contributed by atoms with Crippen LogP contribution in [-0.2, 0) is 59.8 Å². The lowest BCUT2D eigenvalue weighted by Crippen LogP contribution is -2.55. The summed E-state index contributed by atoms with van der Waals surface area (Å²) in [5.74, 6) is 0.276. The summed E-state index contributed by atoms with van der Waals surface area (Å²) in [6.45, 7) is 40.5. The van der Waals surface area contributed by atoms with Crippen LogP contribution in [0.2, 0.25) is 0 Å². The van der Waals surface area contributed by atoms with Crippen LogP contribution in [0.15, 0.2) is 177 Å². The topological polar surface area (TPSA) is 303 Å². The molecule has 3 amide bonds. The van der Waals surface area contributed by atoms with Crippen LogP contribution in [0.1, 0.15) is 151 Å². The van der Waals surface area contributed by atoms with Crippen LogP contribution in [0.4, 0.5) is 34.1 Å². The molecular formula is C114H128N22O5S. The van der Waals surface area contributed by atoms with E-state index in [0.717, 1.165) is 185 Å². The Bertz CT molecular complexity index is 6660. The Morgan fingerprint density at radius 1 is 0.430 bits per heavy atom. The number of amides is 3. The van der Waals surface area contributed by atoms with Crippen LogP contribution in [0.25, 0.3) is 32.3 Å². The fourth-order valence-electron chi connectivity index (χ4n) is 22.7. The number of piperidine rings is 3. The summed E-state index contributed by atoms with van der Waals surface area (Å²) < 4.78 is 13.4. The smallest absolute Gasteiger partial charge is 0.246 e. The van der Waals surface area contributed by atoms with Crippen molar-refractivity contribution in [3.05, 3.63) is 244 Å². The maximum atomic E-state index is 12.7. The standard InChI is InChI=1S/C40H42N8O2.C39H47N7O2.C35H39N7OS/c1-3-37(49)48-23-22-47(26-31(48)13-17-41)39-33-16-21-46(36-12-7-10-29-9-6-8-28(2)38(29)36)27-35(33)44-40(34(39)24-42)50-32-14-19-45(20-15-32)25-30-11-4-5-18-43-30;1-6-35(47)46-22-21-45(24-29(46)13-17-40)37-31-16-20-44(34-12-8-11-28-10-7-9-27(2)36(28)34)25-33(31)42-38(32(37)23-41)48-30-14-18-43(19-15-30)26-39(3,4)5;1-4-32(43)42-20-19-41(22-26(42)11-15-36)34-28-14-18-40(31-10-6-9-25-8-5-7-24(2)33(25)31)23-30(28)38-35(29(34)21-37)44-27-12-16-39(3)17-13-27/h3-12,18,31-32H,1,13-16,19-23,25-27H2,2H3;6-12,29-30H,1,13-16,18-22,24-26H2,2-5H3;4-10,26-27H,1,11-14,16-20,22-23H2,2-3H3/t31-;29-;26-/m000/s1. The van der Waals surface area contributed by atoms with Crippen LogP contribution in [0.5, 0.6) is 11.8 Å². The van der Waals surface area contributed by atoms with E-state index in [4.69, 9.17) is 24.4 Å². The van der Waals surface area contributed by atoms with Crippen molar-refractivity contribution in [2.45, 2.75) is 185 Å². The highest BCUT2D eigenvalue weighted by atomic mass is 32.2. The summed E-state index contributed by atoms with van der Waals surface area (Å²) in [5, 5.41) is 69.7. The second-order valence-corrected chi connectivity index (χ2v) is 41.5. The van der Waals surface area contributed by atoms with Gasteiger partial charge in [0.2, 0.25) is 29.5 Å². The molecule has 9 aliphatic heterocycles. The number of nitriles is 6. The van der Waals surface area contributed by atoms with Gasteiger partial charge in [0, 0.05) is 179 Å². The number of carbonyl (C=O) groups excluding carboxylic acids is 3. The third-order valence-corrected chi connectivity index (χ3v) is 31.0. The Balaban J connectivity index is 0.000000147. The number of likely N-dealkylation sites (tertiary alicyclic amines) is 3. The number of fused-ring (bicyclic) bond motifs is 6. The molecule has 28 heteroatoms. The molecule has 19 rings (SSSR count). The van der Waals surface area contributed by atoms with Gasteiger partial charge in [-0.1, -0.05) is 138 Å². The van der Waals surface area contributed by atoms with Crippen molar-refractivity contribution in [3.8, 4) is 48.2 Å². The molecule has 9 aliphatic rings. The van der Waals surface area contributed by atoms with E-state index in [1.807, 2.05) is 18.3 Å². The van der Waals surface area contributed by atoms with Gasteiger partial charge in [0.1, 0.15) is 52.1 Å². The largest absolute Gasteiger partial charge is 0.473 e. The molecule has 0 saturated carbocycles. The highest BCUT2D eigenvalue weighted by Crippen LogP contribution is 2.47. The van der Waals surface area contributed by atoms with Gasteiger partial charge in [-0.05, 0) is 186 Å². The van der Waals surface area contributed by atoms with Gasteiger partial charge in [-0.3, -0.25) is 24.3 Å². The number of nitrogens with zero attached hydrogens (tertiary/aromatic N) is 22. The first-order chi connectivity index (χ1) is 69.0. The maximum absolute atomic E-state index is 12.7. The molecule has 0 bridgehead atoms. The minimum Gasteiger partial charge on any atom is -0.473 e. The second kappa shape index (κ2) is 44.8. The van der Waals surface area contributed by atoms with Gasteiger partial charge < -0.3 is 63.4 Å². The SMILES string of the molecule is C=CC(=O)N1CCN(c2c(C#N)c(OC3CCN(CC(C)(C)C)CC3)nc3c2CCN(c2cccc4cccc(C)c24)C3)C[C@@H]1CC#N.C=CC(=O)N1CCN(c2c(C#N)c(OC3CCN(Cc4ccccn4)CC3)nc3c2CCN(c2cccc4cccc(C)c24)C3)C[C@@H]1CC#N.C=CC(=O)N1CCN(c2c(C#N)c(SC3CCN(C)CC3)nc3c2CCN(c2cccc4cccc(C)c24)C3)C[C@@H]1CC#N. The molecule has 0 radical (unpaired) electrons. The fraction of sp³-hybridized carbons (Fsp3) is 0.430. The Labute approximate surface area is 839 Å². The van der Waals surface area contributed by atoms with Gasteiger partial charge in [0.15, 0.2) is 0 Å². The number of hydrogen-bond donors (Lipinski definition) is 0. The first-order valence-corrected chi connectivity index (χ1v) is 51.1. The van der Waals surface area contributed by atoms with Gasteiger partial charge in [-0.15, -0.1) is 11.8 Å². The number of aryl methyl sites for hydroxylation is 3. The Morgan fingerprint density at radius 3 is 1.15 bits per heavy atom. The molecule has 0 aliphatic carbocycles. The molecule has 6 saturated heterocycles. The first kappa shape index (κ1) is 99.5. The van der Waals surface area contributed by atoms with Gasteiger partial charge in [0.25, 0.3) is 0 Å². The number of piperazine rings is 3. The number of rotatable bonds is 21. The van der Waals surface area contributed by atoms with Gasteiger partial charge in [-0.2, -0.15) is 31.6 Å². The van der Waals surface area contributed by atoms with E-state index in [0.29, 0.717) is 119 Å². The number of hydrogen-bond acceptors (Lipinski definition) is 25. The number of carbonyl (C=O) groups is 3. The average molecular weight is 1920 g/mol. The number of ether oxygens (including phenoxy) is 2. The van der Waals surface area contributed by atoms with Gasteiger partial charge in [0.05, 0.1) is 115 Å². The molecule has 10 aromatic rings. The molecule has 13 heterocycles. The zero-order chi connectivity index (χ0) is 99.4. The summed E-state index contributed by atoms with van der Waals surface area (Å²) in [5.41, 5.74) is 18.8. The van der Waals surface area contributed by atoms with E-state index in [2.05, 4.69) is 269 Å². The van der Waals surface area contributed by atoms with Crippen molar-refractivity contribution in [1.29, 1.82) is 31.6 Å². The number of anilines is 6. The number of aromatic nitrogens is 4. The van der Waals surface area contributed by atoms with Crippen molar-refractivity contribution < 1.29 is 23.9 Å². The second-order valence-electron chi connectivity index (χ2n) is 40.2. The van der Waals surface area contributed by atoms with Crippen LogP contribution in [-0.4, -0.2) is 234 Å². The summed E-state index contributed by atoms with van der Waals surface area (Å²) in [6, 6.07) is 58.2. The van der Waals surface area contributed by atoms with Gasteiger partial charge in [-0.25, -0.2) is 15.0 Å². The minimum atomic E-state index is -0.318. The molecular weight excluding hydrogens is 1790 g/mol. The van der Waals surface area contributed by atoms with Crippen LogP contribution >= 0.6 is 11.8 Å². The number of benzene rings is 6. The van der Waals surface area contributed by atoms with E-state index in [-0.39, 0.29) is 72.7 Å². The lowest BCUT2D eigenvalue weighted by Gasteiger charge is -2.43. The lowest BCUT2D eigenvalue weighted by atomic mass is 9.94. The highest BCUT2D eigenvalue weighted by molar-refractivity contribution is 7.99. The fourth-order valence-corrected chi connectivity index (χ4v) is 23.9. The van der Waals surface area contributed by atoms with E-state index in [9.17, 15) is 46.0 Å². The molecule has 6 fully saturated rings. The Kier molecular flexibility index (Phi) is 31.4. The third-order valence-electron chi connectivity index (χ3n) is 29.6. The van der Waals surface area contributed by atoms with E-state index in [1.54, 1.807) is 26.5 Å². The summed E-state index contributed by atoms with van der Waals surface area (Å²) >= 11 is 1.76.